The molecule has 1 aromatic rings. The van der Waals surface area contributed by atoms with E-state index in [1.165, 1.54) is 56.9 Å². The van der Waals surface area contributed by atoms with Crippen LogP contribution in [0.2, 0.25) is 0 Å². The smallest absolute Gasteiger partial charge is 0.100 e. The van der Waals surface area contributed by atoms with Crippen LogP contribution in [0, 0.1) is 0 Å². The molecule has 0 fully saturated rings. The van der Waals surface area contributed by atoms with Crippen LogP contribution in [-0.4, -0.2) is 6.61 Å². The van der Waals surface area contributed by atoms with Gasteiger partial charge in [-0.1, -0.05) is 94.7 Å². The van der Waals surface area contributed by atoms with Gasteiger partial charge in [0.1, 0.15) is 6.10 Å². The van der Waals surface area contributed by atoms with E-state index in [4.69, 9.17) is 4.74 Å². The molecule has 0 aliphatic rings. The summed E-state index contributed by atoms with van der Waals surface area (Å²) in [4.78, 5) is 0. The van der Waals surface area contributed by atoms with E-state index >= 15 is 0 Å². The Morgan fingerprint density at radius 2 is 1.48 bits per heavy atom. The second-order valence-corrected chi connectivity index (χ2v) is 5.77. The van der Waals surface area contributed by atoms with Gasteiger partial charge in [0.25, 0.3) is 0 Å². The first-order chi connectivity index (χ1) is 10.4. The molecule has 0 radical (unpaired) electrons. The fourth-order valence-corrected chi connectivity index (χ4v) is 2.57. The van der Waals surface area contributed by atoms with E-state index in [-0.39, 0.29) is 6.10 Å². The Labute approximate surface area is 131 Å². The van der Waals surface area contributed by atoms with Crippen LogP contribution in [0.15, 0.2) is 43.0 Å². The van der Waals surface area contributed by atoms with Crippen molar-refractivity contribution in [3.63, 3.8) is 0 Å². The van der Waals surface area contributed by atoms with Gasteiger partial charge in [-0.3, -0.25) is 0 Å². The lowest BCUT2D eigenvalue weighted by molar-refractivity contribution is 0.0821. The first kappa shape index (κ1) is 18.0. The average molecular weight is 288 g/mol. The van der Waals surface area contributed by atoms with Crippen LogP contribution in [0.5, 0.6) is 0 Å². The molecule has 0 amide bonds. The van der Waals surface area contributed by atoms with Gasteiger partial charge >= 0.3 is 0 Å². The molecular weight excluding hydrogens is 256 g/mol. The van der Waals surface area contributed by atoms with Crippen molar-refractivity contribution in [2.24, 2.45) is 0 Å². The summed E-state index contributed by atoms with van der Waals surface area (Å²) in [7, 11) is 0. The summed E-state index contributed by atoms with van der Waals surface area (Å²) < 4.78 is 5.92. The second-order valence-electron chi connectivity index (χ2n) is 5.77. The van der Waals surface area contributed by atoms with Crippen LogP contribution in [0.25, 0.3) is 0 Å². The minimum atomic E-state index is 0.0419. The number of benzene rings is 1. The van der Waals surface area contributed by atoms with Crippen LogP contribution in [0.3, 0.4) is 0 Å². The Kier molecular flexibility index (Phi) is 10.8. The lowest BCUT2D eigenvalue weighted by Gasteiger charge is -2.14. The van der Waals surface area contributed by atoms with E-state index in [1.807, 2.05) is 24.3 Å². The first-order valence-electron chi connectivity index (χ1n) is 8.67. The zero-order valence-electron chi connectivity index (χ0n) is 13.7. The molecule has 0 aliphatic heterocycles. The third-order valence-electron chi connectivity index (χ3n) is 3.89. The van der Waals surface area contributed by atoms with Gasteiger partial charge in [0, 0.05) is 6.61 Å². The Hall–Kier alpha value is -1.08. The highest BCUT2D eigenvalue weighted by molar-refractivity contribution is 5.20. The SMILES string of the molecule is C=CC(OCCCCCCCCCCC)c1ccccc1. The van der Waals surface area contributed by atoms with Crippen molar-refractivity contribution in [2.75, 3.05) is 6.61 Å². The van der Waals surface area contributed by atoms with Gasteiger partial charge < -0.3 is 4.74 Å². The van der Waals surface area contributed by atoms with E-state index in [2.05, 4.69) is 25.6 Å². The summed E-state index contributed by atoms with van der Waals surface area (Å²) in [6.07, 6.45) is 14.1. The zero-order valence-corrected chi connectivity index (χ0v) is 13.7. The average Bonchev–Trinajstić information content (AvgIpc) is 2.54. The van der Waals surface area contributed by atoms with E-state index in [1.54, 1.807) is 0 Å². The zero-order chi connectivity index (χ0) is 15.2. The highest BCUT2D eigenvalue weighted by atomic mass is 16.5. The number of ether oxygens (including phenoxy) is 1. The van der Waals surface area contributed by atoms with Gasteiger partial charge in [-0.15, -0.1) is 6.58 Å². The van der Waals surface area contributed by atoms with Gasteiger partial charge in [0.2, 0.25) is 0 Å². The van der Waals surface area contributed by atoms with Crippen LogP contribution in [-0.2, 0) is 4.74 Å². The molecule has 1 unspecified atom stereocenters. The largest absolute Gasteiger partial charge is 0.369 e. The molecule has 0 saturated carbocycles. The van der Waals surface area contributed by atoms with Crippen LogP contribution < -0.4 is 0 Å². The van der Waals surface area contributed by atoms with E-state index in [9.17, 15) is 0 Å². The van der Waals surface area contributed by atoms with Crippen molar-refractivity contribution in [3.8, 4) is 0 Å². The molecule has 1 rings (SSSR count). The summed E-state index contributed by atoms with van der Waals surface area (Å²) >= 11 is 0. The first-order valence-corrected chi connectivity index (χ1v) is 8.67. The van der Waals surface area contributed by atoms with Gasteiger partial charge in [-0.2, -0.15) is 0 Å². The maximum atomic E-state index is 5.92. The minimum absolute atomic E-state index is 0.0419. The summed E-state index contributed by atoms with van der Waals surface area (Å²) in [6.45, 7) is 6.98. The lowest BCUT2D eigenvalue weighted by Crippen LogP contribution is -2.02. The van der Waals surface area contributed by atoms with Gasteiger partial charge in [0.15, 0.2) is 0 Å². The molecular formula is C20H32O. The minimum Gasteiger partial charge on any atom is -0.369 e. The molecule has 0 heterocycles. The van der Waals surface area contributed by atoms with Crippen molar-refractivity contribution in [1.82, 2.24) is 0 Å². The number of hydrogen-bond acceptors (Lipinski definition) is 1. The summed E-state index contributed by atoms with van der Waals surface area (Å²) in [6, 6.07) is 10.3. The Balaban J connectivity index is 1.99. The van der Waals surface area contributed by atoms with Gasteiger partial charge in [-0.05, 0) is 12.0 Å². The maximum absolute atomic E-state index is 5.92. The van der Waals surface area contributed by atoms with E-state index in [0.29, 0.717) is 0 Å². The lowest BCUT2D eigenvalue weighted by atomic mass is 10.1. The fraction of sp³-hybridized carbons (Fsp3) is 0.600. The molecule has 1 nitrogen and oxygen atoms in total. The third-order valence-corrected chi connectivity index (χ3v) is 3.89. The number of rotatable bonds is 13. The van der Waals surface area contributed by atoms with Crippen LogP contribution in [0.1, 0.15) is 76.4 Å². The Morgan fingerprint density at radius 3 is 2.05 bits per heavy atom. The van der Waals surface area contributed by atoms with E-state index in [0.717, 1.165) is 13.0 Å². The number of hydrogen-bond donors (Lipinski definition) is 0. The van der Waals surface area contributed by atoms with Gasteiger partial charge in [-0.25, -0.2) is 0 Å². The molecule has 118 valence electrons. The van der Waals surface area contributed by atoms with Crippen LogP contribution in [0.4, 0.5) is 0 Å². The molecule has 0 saturated heterocycles. The topological polar surface area (TPSA) is 9.23 Å². The number of unbranched alkanes of at least 4 members (excludes halogenated alkanes) is 8. The predicted molar refractivity (Wildman–Crippen MR) is 92.6 cm³/mol. The predicted octanol–water partition coefficient (Wildman–Crippen LogP) is 6.46. The highest BCUT2D eigenvalue weighted by Gasteiger charge is 2.06. The van der Waals surface area contributed by atoms with E-state index < -0.39 is 0 Å². The third kappa shape index (κ3) is 8.72. The molecule has 0 aliphatic carbocycles. The summed E-state index contributed by atoms with van der Waals surface area (Å²) in [5.74, 6) is 0. The van der Waals surface area contributed by atoms with Crippen LogP contribution >= 0.6 is 0 Å². The standard InChI is InChI=1S/C20H32O/c1-3-5-6-7-8-9-10-11-15-18-21-20(4-2)19-16-13-12-14-17-19/h4,12-14,16-17,20H,2-3,5-11,15,18H2,1H3. The quantitative estimate of drug-likeness (QED) is 0.299. The van der Waals surface area contributed by atoms with Crippen molar-refractivity contribution in [1.29, 1.82) is 0 Å². The molecule has 0 spiro atoms. The molecule has 0 bridgehead atoms. The van der Waals surface area contributed by atoms with Gasteiger partial charge in [0.05, 0.1) is 0 Å². The monoisotopic (exact) mass is 288 g/mol. The van der Waals surface area contributed by atoms with Crippen molar-refractivity contribution < 1.29 is 4.74 Å². The summed E-state index contributed by atoms with van der Waals surface area (Å²) in [5, 5.41) is 0. The second kappa shape index (κ2) is 12.6. The van der Waals surface area contributed by atoms with Crippen molar-refractivity contribution >= 4 is 0 Å². The summed E-state index contributed by atoms with van der Waals surface area (Å²) in [5.41, 5.74) is 1.20. The van der Waals surface area contributed by atoms with Crippen molar-refractivity contribution in [3.05, 3.63) is 48.6 Å². The molecule has 0 aromatic heterocycles. The molecule has 21 heavy (non-hydrogen) atoms. The Bertz CT molecular complexity index is 344. The normalized spacial score (nSPS) is 12.2. The molecule has 1 heteroatoms. The maximum Gasteiger partial charge on any atom is 0.100 e. The molecule has 1 aromatic carbocycles. The van der Waals surface area contributed by atoms with Crippen molar-refractivity contribution in [2.45, 2.75) is 70.8 Å². The Morgan fingerprint density at radius 1 is 0.905 bits per heavy atom. The molecule has 1 atom stereocenters. The highest BCUT2D eigenvalue weighted by Crippen LogP contribution is 2.18. The molecule has 0 N–H and O–H groups in total. The fourth-order valence-electron chi connectivity index (χ4n) is 2.57.